The fourth-order valence-electron chi connectivity index (χ4n) is 2.18. The van der Waals surface area contributed by atoms with Crippen molar-refractivity contribution in [3.63, 3.8) is 0 Å². The molecule has 114 valence electrons. The predicted molar refractivity (Wildman–Crippen MR) is 85.4 cm³/mol. The molecule has 5 nitrogen and oxygen atoms in total. The molecule has 1 aromatic heterocycles. The number of rotatable bonds is 6. The summed E-state index contributed by atoms with van der Waals surface area (Å²) in [6.45, 7) is 0. The third kappa shape index (κ3) is 3.39. The lowest BCUT2D eigenvalue weighted by Crippen LogP contribution is -1.96. The molecule has 0 bridgehead atoms. The van der Waals surface area contributed by atoms with E-state index in [-0.39, 0.29) is 10.6 Å². The molecule has 0 radical (unpaired) electrons. The van der Waals surface area contributed by atoms with Crippen LogP contribution in [0, 0.1) is 10.1 Å². The maximum Gasteiger partial charge on any atom is 0.301 e. The second-order valence-electron chi connectivity index (χ2n) is 5.25. The zero-order valence-electron chi connectivity index (χ0n) is 12.2. The van der Waals surface area contributed by atoms with E-state index >= 15 is 0 Å². The van der Waals surface area contributed by atoms with Gasteiger partial charge in [-0.05, 0) is 36.6 Å². The summed E-state index contributed by atoms with van der Waals surface area (Å²) in [7, 11) is 1.63. The van der Waals surface area contributed by atoms with E-state index in [2.05, 4.69) is 4.98 Å². The highest BCUT2D eigenvalue weighted by Crippen LogP contribution is 2.42. The molecule has 0 amide bonds. The molecular formula is C16H16N2O3S. The summed E-state index contributed by atoms with van der Waals surface area (Å²) in [6.07, 6.45) is 3.66. The number of methoxy groups -OCH3 is 1. The number of hydrogen-bond acceptors (Lipinski definition) is 5. The zero-order chi connectivity index (χ0) is 15.5. The van der Waals surface area contributed by atoms with Gasteiger partial charge in [0.1, 0.15) is 11.9 Å². The Morgan fingerprint density at radius 2 is 2.09 bits per heavy atom. The van der Waals surface area contributed by atoms with Crippen LogP contribution >= 0.6 is 11.8 Å². The number of thioether (sulfide) groups is 1. The minimum atomic E-state index is -0.361. The number of pyridine rings is 1. The van der Waals surface area contributed by atoms with Crippen molar-refractivity contribution >= 4 is 17.4 Å². The van der Waals surface area contributed by atoms with E-state index < -0.39 is 0 Å². The van der Waals surface area contributed by atoms with Gasteiger partial charge in [0.15, 0.2) is 0 Å². The normalized spacial score (nSPS) is 13.9. The van der Waals surface area contributed by atoms with Gasteiger partial charge in [-0.1, -0.05) is 12.1 Å². The molecule has 1 heterocycles. The van der Waals surface area contributed by atoms with Crippen molar-refractivity contribution in [3.8, 4) is 5.75 Å². The minimum Gasteiger partial charge on any atom is -0.497 e. The molecule has 1 aliphatic carbocycles. The van der Waals surface area contributed by atoms with Crippen molar-refractivity contribution < 1.29 is 9.66 Å². The first-order chi connectivity index (χ1) is 10.7. The molecule has 1 fully saturated rings. The molecule has 6 heteroatoms. The van der Waals surface area contributed by atoms with Crippen molar-refractivity contribution in [1.29, 1.82) is 0 Å². The molecule has 0 aliphatic heterocycles. The quantitative estimate of drug-likeness (QED) is 0.454. The van der Waals surface area contributed by atoms with Crippen molar-refractivity contribution in [2.75, 3.05) is 7.11 Å². The van der Waals surface area contributed by atoms with E-state index in [1.165, 1.54) is 18.0 Å². The molecule has 1 aliphatic rings. The minimum absolute atomic E-state index is 0.0860. The molecule has 3 rings (SSSR count). The molecule has 2 aromatic rings. The topological polar surface area (TPSA) is 65.3 Å². The summed E-state index contributed by atoms with van der Waals surface area (Å²) in [4.78, 5) is 15.7. The molecule has 0 N–H and O–H groups in total. The highest BCUT2D eigenvalue weighted by molar-refractivity contribution is 7.98. The van der Waals surface area contributed by atoms with Crippen LogP contribution in [0.25, 0.3) is 0 Å². The van der Waals surface area contributed by atoms with E-state index in [0.29, 0.717) is 16.6 Å². The number of nitro groups is 1. The summed E-state index contributed by atoms with van der Waals surface area (Å²) >= 11 is 1.48. The third-order valence-corrected chi connectivity index (χ3v) is 4.73. The number of nitrogens with zero attached hydrogens (tertiary/aromatic N) is 2. The van der Waals surface area contributed by atoms with Gasteiger partial charge in [0.05, 0.1) is 16.9 Å². The van der Waals surface area contributed by atoms with Crippen LogP contribution in [0.15, 0.2) is 41.4 Å². The van der Waals surface area contributed by atoms with E-state index in [4.69, 9.17) is 4.74 Å². The smallest absolute Gasteiger partial charge is 0.301 e. The van der Waals surface area contributed by atoms with Gasteiger partial charge in [0.2, 0.25) is 0 Å². The summed E-state index contributed by atoms with van der Waals surface area (Å²) < 4.78 is 5.13. The van der Waals surface area contributed by atoms with Crippen LogP contribution in [0.4, 0.5) is 5.69 Å². The molecule has 22 heavy (non-hydrogen) atoms. The van der Waals surface area contributed by atoms with Crippen LogP contribution in [0.1, 0.15) is 30.0 Å². The van der Waals surface area contributed by atoms with Crippen LogP contribution in [0.2, 0.25) is 0 Å². The fourth-order valence-corrected chi connectivity index (χ4v) is 3.18. The van der Waals surface area contributed by atoms with Crippen molar-refractivity contribution in [3.05, 3.63) is 57.9 Å². The summed E-state index contributed by atoms with van der Waals surface area (Å²) in [6, 6.07) is 9.62. The SMILES string of the molecule is COc1ccc(CSc2cc(C3CC3)ncc2[N+](=O)[O-])cc1. The second kappa shape index (κ2) is 6.36. The van der Waals surface area contributed by atoms with Crippen LogP contribution in [0.3, 0.4) is 0 Å². The fraction of sp³-hybridized carbons (Fsp3) is 0.312. The van der Waals surface area contributed by atoms with Gasteiger partial charge in [-0.15, -0.1) is 11.8 Å². The average Bonchev–Trinajstić information content (AvgIpc) is 3.38. The van der Waals surface area contributed by atoms with E-state index in [9.17, 15) is 10.1 Å². The third-order valence-electron chi connectivity index (χ3n) is 3.61. The van der Waals surface area contributed by atoms with Crippen molar-refractivity contribution in [2.45, 2.75) is 29.4 Å². The van der Waals surface area contributed by atoms with Gasteiger partial charge in [-0.2, -0.15) is 0 Å². The second-order valence-corrected chi connectivity index (χ2v) is 6.26. The first kappa shape index (κ1) is 14.8. The van der Waals surface area contributed by atoms with Gasteiger partial charge in [-0.25, -0.2) is 0 Å². The lowest BCUT2D eigenvalue weighted by atomic mass is 10.2. The largest absolute Gasteiger partial charge is 0.497 e. The van der Waals surface area contributed by atoms with Crippen LogP contribution < -0.4 is 4.74 Å². The predicted octanol–water partition coefficient (Wildman–Crippen LogP) is 4.17. The summed E-state index contributed by atoms with van der Waals surface area (Å²) in [5.74, 6) is 1.97. The maximum absolute atomic E-state index is 11.1. The molecule has 0 saturated heterocycles. The summed E-state index contributed by atoms with van der Waals surface area (Å²) in [5.41, 5.74) is 2.16. The Labute approximate surface area is 132 Å². The highest BCUT2D eigenvalue weighted by Gasteiger charge is 2.27. The highest BCUT2D eigenvalue weighted by atomic mass is 32.2. The van der Waals surface area contributed by atoms with E-state index in [1.807, 2.05) is 30.3 Å². The molecule has 0 unspecified atom stereocenters. The standard InChI is InChI=1S/C16H16N2O3S/c1-21-13-6-2-11(3-7-13)10-22-16-8-14(12-4-5-12)17-9-15(16)18(19)20/h2-3,6-9,12H,4-5,10H2,1H3. The molecule has 0 spiro atoms. The van der Waals surface area contributed by atoms with Gasteiger partial charge < -0.3 is 4.74 Å². The Morgan fingerprint density at radius 1 is 1.36 bits per heavy atom. The van der Waals surface area contributed by atoms with Crippen LogP contribution in [0.5, 0.6) is 5.75 Å². The lowest BCUT2D eigenvalue weighted by molar-refractivity contribution is -0.388. The molecule has 0 atom stereocenters. The number of aromatic nitrogens is 1. The lowest BCUT2D eigenvalue weighted by Gasteiger charge is -2.06. The Morgan fingerprint density at radius 3 is 2.68 bits per heavy atom. The van der Waals surface area contributed by atoms with Crippen molar-refractivity contribution in [1.82, 2.24) is 4.98 Å². The van der Waals surface area contributed by atoms with Crippen molar-refractivity contribution in [2.24, 2.45) is 0 Å². The monoisotopic (exact) mass is 316 g/mol. The molecule has 1 aromatic carbocycles. The summed E-state index contributed by atoms with van der Waals surface area (Å²) in [5, 5.41) is 11.1. The number of hydrogen-bond donors (Lipinski definition) is 0. The maximum atomic E-state index is 11.1. The van der Waals surface area contributed by atoms with E-state index in [1.54, 1.807) is 7.11 Å². The molecule has 1 saturated carbocycles. The van der Waals surface area contributed by atoms with E-state index in [0.717, 1.165) is 29.8 Å². The number of ether oxygens (including phenoxy) is 1. The average molecular weight is 316 g/mol. The van der Waals surface area contributed by atoms with Crippen LogP contribution in [-0.2, 0) is 5.75 Å². The van der Waals surface area contributed by atoms with Gasteiger partial charge in [0.25, 0.3) is 0 Å². The van der Waals surface area contributed by atoms with Gasteiger partial charge in [-0.3, -0.25) is 15.1 Å². The Kier molecular flexibility index (Phi) is 4.29. The Bertz CT molecular complexity index is 684. The Balaban J connectivity index is 1.77. The first-order valence-electron chi connectivity index (χ1n) is 7.07. The number of benzene rings is 1. The zero-order valence-corrected chi connectivity index (χ0v) is 13.0. The van der Waals surface area contributed by atoms with Crippen LogP contribution in [-0.4, -0.2) is 17.0 Å². The Hall–Kier alpha value is -2.08. The van der Waals surface area contributed by atoms with Gasteiger partial charge >= 0.3 is 5.69 Å². The first-order valence-corrected chi connectivity index (χ1v) is 8.06. The van der Waals surface area contributed by atoms with Gasteiger partial charge in [0, 0.05) is 17.4 Å². The molecular weight excluding hydrogens is 300 g/mol.